The second-order valence-corrected chi connectivity index (χ2v) is 10.7. The molecular weight excluding hydrogens is 447 g/mol. The first-order valence-corrected chi connectivity index (χ1v) is 12.9. The predicted octanol–water partition coefficient (Wildman–Crippen LogP) is 5.72. The summed E-state index contributed by atoms with van der Waals surface area (Å²) >= 11 is 0. The number of carbonyl (C=O) groups excluding carboxylic acids is 1. The van der Waals surface area contributed by atoms with E-state index in [0.717, 1.165) is 19.3 Å². The Balaban J connectivity index is 2.18. The summed E-state index contributed by atoms with van der Waals surface area (Å²) in [5.41, 5.74) is -0.825. The van der Waals surface area contributed by atoms with Gasteiger partial charge in [0.05, 0.1) is 19.6 Å². The number of benzene rings is 1. The largest absolute Gasteiger partial charge is 0.459 e. The molecule has 0 bridgehead atoms. The van der Waals surface area contributed by atoms with Gasteiger partial charge in [-0.1, -0.05) is 25.5 Å². The predicted molar refractivity (Wildman–Crippen MR) is 124 cm³/mol. The van der Waals surface area contributed by atoms with Crippen molar-refractivity contribution in [1.82, 2.24) is 10.1 Å². The number of aromatic nitrogens is 2. The number of carbonyl (C=O) groups is 1. The molecule has 0 spiro atoms. The van der Waals surface area contributed by atoms with Crippen LogP contribution in [0.1, 0.15) is 65.8 Å². The fourth-order valence-corrected chi connectivity index (χ4v) is 4.86. The molecule has 1 heterocycles. The zero-order chi connectivity index (χ0) is 24.5. The Hall–Kier alpha value is -2.22. The Bertz CT molecular complexity index is 912. The standard InChI is InChI=1S/C23H35N2O7P/c1-7-10-11-17-12-14-18(15-13-17)30-22-24-20(32-25-22)16-19(21(26)31-23(4,5)6)33(27,28-8-2)29-9-3/h12-15,19H,7-11,16H2,1-6H3. The summed E-state index contributed by atoms with van der Waals surface area (Å²) in [5.74, 6) is -0.114. The normalized spacial score (nSPS) is 13.0. The first-order chi connectivity index (χ1) is 15.6. The zero-order valence-electron chi connectivity index (χ0n) is 20.3. The molecule has 0 saturated carbocycles. The van der Waals surface area contributed by atoms with Crippen LogP contribution < -0.4 is 4.74 Å². The molecule has 0 saturated heterocycles. The number of hydrogen-bond donors (Lipinski definition) is 0. The quantitative estimate of drug-likeness (QED) is 0.261. The highest BCUT2D eigenvalue weighted by Gasteiger charge is 2.44. The molecule has 10 heteroatoms. The van der Waals surface area contributed by atoms with Crippen LogP contribution in [0.2, 0.25) is 0 Å². The third-order valence-corrected chi connectivity index (χ3v) is 6.84. The molecule has 33 heavy (non-hydrogen) atoms. The van der Waals surface area contributed by atoms with E-state index in [1.807, 2.05) is 24.3 Å². The molecule has 1 unspecified atom stereocenters. The van der Waals surface area contributed by atoms with E-state index in [9.17, 15) is 9.36 Å². The van der Waals surface area contributed by atoms with Gasteiger partial charge in [-0.2, -0.15) is 4.98 Å². The monoisotopic (exact) mass is 482 g/mol. The van der Waals surface area contributed by atoms with E-state index in [1.165, 1.54) is 5.56 Å². The lowest BCUT2D eigenvalue weighted by Crippen LogP contribution is -2.34. The summed E-state index contributed by atoms with van der Waals surface area (Å²) in [4.78, 5) is 17.1. The highest BCUT2D eigenvalue weighted by molar-refractivity contribution is 7.55. The molecule has 1 atom stereocenters. The van der Waals surface area contributed by atoms with Gasteiger partial charge in [0, 0.05) is 0 Å². The van der Waals surface area contributed by atoms with Crippen molar-refractivity contribution in [3.05, 3.63) is 35.7 Å². The van der Waals surface area contributed by atoms with Gasteiger partial charge in [-0.05, 0) is 70.3 Å². The van der Waals surface area contributed by atoms with Crippen LogP contribution in [0.15, 0.2) is 28.8 Å². The number of unbranched alkanes of at least 4 members (excludes halogenated alkanes) is 1. The van der Waals surface area contributed by atoms with Crippen molar-refractivity contribution in [2.75, 3.05) is 13.2 Å². The van der Waals surface area contributed by atoms with Crippen molar-refractivity contribution in [3.8, 4) is 11.8 Å². The maximum absolute atomic E-state index is 13.4. The topological polar surface area (TPSA) is 110 Å². The molecule has 1 aromatic heterocycles. The minimum absolute atomic E-state index is 0.0168. The first-order valence-electron chi connectivity index (χ1n) is 11.3. The van der Waals surface area contributed by atoms with Crippen LogP contribution >= 0.6 is 7.60 Å². The van der Waals surface area contributed by atoms with Crippen LogP contribution in [0, 0.1) is 0 Å². The molecule has 0 radical (unpaired) electrons. The molecule has 0 N–H and O–H groups in total. The Morgan fingerprint density at radius 1 is 1.09 bits per heavy atom. The molecule has 0 fully saturated rings. The Morgan fingerprint density at radius 2 is 1.73 bits per heavy atom. The highest BCUT2D eigenvalue weighted by atomic mass is 31.2. The van der Waals surface area contributed by atoms with Crippen LogP contribution in [-0.2, 0) is 36.0 Å². The molecule has 9 nitrogen and oxygen atoms in total. The third-order valence-electron chi connectivity index (χ3n) is 4.45. The highest BCUT2D eigenvalue weighted by Crippen LogP contribution is 2.54. The van der Waals surface area contributed by atoms with Crippen LogP contribution in [0.5, 0.6) is 11.8 Å². The van der Waals surface area contributed by atoms with Crippen molar-refractivity contribution >= 4 is 13.6 Å². The van der Waals surface area contributed by atoms with Gasteiger partial charge in [-0.3, -0.25) is 9.36 Å². The van der Waals surface area contributed by atoms with Gasteiger partial charge in [0.2, 0.25) is 5.89 Å². The van der Waals surface area contributed by atoms with Crippen molar-refractivity contribution in [3.63, 3.8) is 0 Å². The molecule has 0 amide bonds. The number of aryl methyl sites for hydroxylation is 1. The smallest absolute Gasteiger partial charge is 0.359 e. The fourth-order valence-electron chi connectivity index (χ4n) is 3.01. The lowest BCUT2D eigenvalue weighted by Gasteiger charge is -2.27. The van der Waals surface area contributed by atoms with E-state index < -0.39 is 24.8 Å². The summed E-state index contributed by atoms with van der Waals surface area (Å²) in [6, 6.07) is 7.64. The average Bonchev–Trinajstić information content (AvgIpc) is 3.17. The maximum atomic E-state index is 13.4. The Morgan fingerprint density at radius 3 is 2.27 bits per heavy atom. The summed E-state index contributed by atoms with van der Waals surface area (Å²) in [6.07, 6.45) is 3.09. The Labute approximate surface area is 195 Å². The second kappa shape index (κ2) is 12.3. The summed E-state index contributed by atoms with van der Waals surface area (Å²) < 4.78 is 40.5. The molecule has 184 valence electrons. The minimum Gasteiger partial charge on any atom is -0.459 e. The molecule has 2 rings (SSSR count). The first kappa shape index (κ1) is 27.0. The SMILES string of the molecule is CCCCc1ccc(Oc2noc(CC(C(=O)OC(C)(C)C)P(=O)(OCC)OCC)n2)cc1. The number of nitrogens with zero attached hydrogens (tertiary/aromatic N) is 2. The van der Waals surface area contributed by atoms with Crippen molar-refractivity contribution in [2.45, 2.75) is 78.5 Å². The van der Waals surface area contributed by atoms with Gasteiger partial charge < -0.3 is 23.0 Å². The van der Waals surface area contributed by atoms with Gasteiger partial charge in [0.25, 0.3) is 0 Å². The van der Waals surface area contributed by atoms with E-state index >= 15 is 0 Å². The summed E-state index contributed by atoms with van der Waals surface area (Å²) in [5, 5.41) is 3.81. The van der Waals surface area contributed by atoms with Crippen molar-refractivity contribution in [1.29, 1.82) is 0 Å². The van der Waals surface area contributed by atoms with Crippen LogP contribution in [-0.4, -0.2) is 40.6 Å². The average molecular weight is 483 g/mol. The van der Waals surface area contributed by atoms with Gasteiger partial charge in [-0.25, -0.2) is 0 Å². The van der Waals surface area contributed by atoms with Crippen molar-refractivity contribution < 1.29 is 32.4 Å². The number of ether oxygens (including phenoxy) is 2. The van der Waals surface area contributed by atoms with Gasteiger partial charge in [0.15, 0.2) is 5.66 Å². The Kier molecular flexibility index (Phi) is 10.1. The van der Waals surface area contributed by atoms with Gasteiger partial charge in [-0.15, -0.1) is 0 Å². The molecule has 1 aromatic carbocycles. The molecule has 0 aliphatic carbocycles. The van der Waals surface area contributed by atoms with Gasteiger partial charge >= 0.3 is 19.6 Å². The minimum atomic E-state index is -3.85. The van der Waals surface area contributed by atoms with E-state index in [2.05, 4.69) is 17.1 Å². The summed E-state index contributed by atoms with van der Waals surface area (Å²) in [7, 11) is -3.85. The van der Waals surface area contributed by atoms with E-state index in [4.69, 9.17) is 23.0 Å². The zero-order valence-corrected chi connectivity index (χ0v) is 21.2. The van der Waals surface area contributed by atoms with Gasteiger partial charge in [0.1, 0.15) is 11.4 Å². The van der Waals surface area contributed by atoms with E-state index in [1.54, 1.807) is 34.6 Å². The van der Waals surface area contributed by atoms with Crippen LogP contribution in [0.4, 0.5) is 0 Å². The van der Waals surface area contributed by atoms with Crippen molar-refractivity contribution in [2.24, 2.45) is 0 Å². The van der Waals surface area contributed by atoms with Crippen LogP contribution in [0.3, 0.4) is 0 Å². The van der Waals surface area contributed by atoms with Crippen LogP contribution in [0.25, 0.3) is 0 Å². The fraction of sp³-hybridized carbons (Fsp3) is 0.609. The molecule has 2 aromatic rings. The third kappa shape index (κ3) is 8.57. The van der Waals surface area contributed by atoms with E-state index in [0.29, 0.717) is 5.75 Å². The van der Waals surface area contributed by atoms with E-state index in [-0.39, 0.29) is 31.5 Å². The number of esters is 1. The second-order valence-electron chi connectivity index (χ2n) is 8.45. The number of rotatable bonds is 13. The lowest BCUT2D eigenvalue weighted by molar-refractivity contribution is -0.154. The number of hydrogen-bond acceptors (Lipinski definition) is 9. The molecule has 0 aliphatic heterocycles. The molecule has 0 aliphatic rings. The summed E-state index contributed by atoms with van der Waals surface area (Å²) in [6.45, 7) is 10.9. The maximum Gasteiger partial charge on any atom is 0.359 e. The molecular formula is C23H35N2O7P. The lowest BCUT2D eigenvalue weighted by atomic mass is 10.1.